The van der Waals surface area contributed by atoms with Crippen molar-refractivity contribution in [2.45, 2.75) is 20.2 Å². The van der Waals surface area contributed by atoms with Crippen molar-refractivity contribution in [2.75, 3.05) is 5.32 Å². The third-order valence-corrected chi connectivity index (χ3v) is 5.82. The van der Waals surface area contributed by atoms with Crippen LogP contribution < -0.4 is 15.5 Å². The summed E-state index contributed by atoms with van der Waals surface area (Å²) in [4.78, 5) is 4.28. The van der Waals surface area contributed by atoms with Crippen LogP contribution in [0.2, 0.25) is 5.02 Å². The van der Waals surface area contributed by atoms with Gasteiger partial charge in [-0.15, -0.1) is 18.3 Å². The molecule has 37 heavy (non-hydrogen) atoms. The Labute approximate surface area is 220 Å². The fraction of sp³-hybridized carbons (Fsp3) is 0.120. The van der Waals surface area contributed by atoms with Crippen molar-refractivity contribution in [2.24, 2.45) is 5.10 Å². The van der Waals surface area contributed by atoms with Gasteiger partial charge in [0.15, 0.2) is 10.9 Å². The highest BCUT2D eigenvalue weighted by molar-refractivity contribution is 7.80. The van der Waals surface area contributed by atoms with Crippen molar-refractivity contribution in [3.63, 3.8) is 0 Å². The Morgan fingerprint density at radius 1 is 1.05 bits per heavy atom. The number of alkyl halides is 3. The zero-order valence-electron chi connectivity index (χ0n) is 19.5. The first kappa shape index (κ1) is 26.1. The molecule has 7 nitrogen and oxygen atoms in total. The van der Waals surface area contributed by atoms with Crippen LogP contribution in [0.15, 0.2) is 72.1 Å². The Bertz CT molecular complexity index is 1440. The molecule has 2 N–H and O–H groups in total. The first-order valence-electron chi connectivity index (χ1n) is 10.8. The van der Waals surface area contributed by atoms with Crippen molar-refractivity contribution in [1.29, 1.82) is 0 Å². The summed E-state index contributed by atoms with van der Waals surface area (Å²) in [5.41, 5.74) is 7.63. The van der Waals surface area contributed by atoms with Gasteiger partial charge >= 0.3 is 6.36 Å². The smallest absolute Gasteiger partial charge is 0.406 e. The van der Waals surface area contributed by atoms with Crippen LogP contribution in [0, 0.1) is 13.8 Å². The number of aryl methyl sites for hydroxylation is 1. The minimum atomic E-state index is -4.74. The number of nitrogens with zero attached hydrogens (tertiary/aromatic N) is 4. The molecule has 1 aromatic heterocycles. The monoisotopic (exact) mass is 544 g/mol. The number of thiocarbonyl (C=S) groups is 1. The molecule has 0 unspecified atom stereocenters. The van der Waals surface area contributed by atoms with E-state index in [1.54, 1.807) is 6.21 Å². The van der Waals surface area contributed by atoms with Gasteiger partial charge in [0, 0.05) is 16.3 Å². The predicted octanol–water partition coefficient (Wildman–Crippen LogP) is 6.42. The number of hydrazone groups is 1. The van der Waals surface area contributed by atoms with Gasteiger partial charge < -0.3 is 10.1 Å². The van der Waals surface area contributed by atoms with Gasteiger partial charge in [-0.3, -0.25) is 5.43 Å². The summed E-state index contributed by atoms with van der Waals surface area (Å²) in [6, 6.07) is 16.4. The number of ether oxygens (including phenoxy) is 1. The number of hydrogen-bond acceptors (Lipinski definition) is 5. The number of hydrogen-bond donors (Lipinski definition) is 2. The van der Waals surface area contributed by atoms with E-state index in [-0.39, 0.29) is 5.75 Å². The SMILES string of the molecule is Cc1ccc(Cl)c(C)c1NC(=S)N/N=C/c1ccc(-c2ncn(-c3ccc(OC(F)(F)F)cc3)n2)cc1. The number of rotatable bonds is 6. The third-order valence-electron chi connectivity index (χ3n) is 5.22. The van der Waals surface area contributed by atoms with Gasteiger partial charge in [0.1, 0.15) is 12.1 Å². The van der Waals surface area contributed by atoms with E-state index < -0.39 is 6.36 Å². The first-order valence-corrected chi connectivity index (χ1v) is 11.6. The molecule has 3 aromatic carbocycles. The second-order valence-corrected chi connectivity index (χ2v) is 8.68. The maximum Gasteiger partial charge on any atom is 0.573 e. The average Bonchev–Trinajstić information content (AvgIpc) is 3.34. The first-order chi connectivity index (χ1) is 17.6. The zero-order valence-corrected chi connectivity index (χ0v) is 21.1. The topological polar surface area (TPSA) is 76.4 Å². The lowest BCUT2D eigenvalue weighted by Crippen LogP contribution is -2.24. The molecule has 190 valence electrons. The number of aromatic nitrogens is 3. The zero-order chi connectivity index (χ0) is 26.6. The van der Waals surface area contributed by atoms with Crippen LogP contribution in [0.25, 0.3) is 17.1 Å². The summed E-state index contributed by atoms with van der Waals surface area (Å²) in [6.07, 6.45) is -1.65. The Morgan fingerprint density at radius 2 is 1.76 bits per heavy atom. The summed E-state index contributed by atoms with van der Waals surface area (Å²) in [6.45, 7) is 3.87. The van der Waals surface area contributed by atoms with Gasteiger partial charge in [0.05, 0.1) is 11.9 Å². The molecular formula is C25H20ClF3N6OS. The fourth-order valence-corrected chi connectivity index (χ4v) is 3.67. The minimum Gasteiger partial charge on any atom is -0.406 e. The number of halogens is 4. The molecular weight excluding hydrogens is 525 g/mol. The largest absolute Gasteiger partial charge is 0.573 e. The molecule has 0 aliphatic carbocycles. The summed E-state index contributed by atoms with van der Waals surface area (Å²) in [7, 11) is 0. The molecule has 0 amide bonds. The molecule has 0 bridgehead atoms. The van der Waals surface area contributed by atoms with Crippen molar-refractivity contribution in [1.82, 2.24) is 20.2 Å². The molecule has 0 atom stereocenters. The maximum absolute atomic E-state index is 12.3. The second-order valence-electron chi connectivity index (χ2n) is 7.86. The maximum atomic E-state index is 12.3. The van der Waals surface area contributed by atoms with E-state index in [0.717, 1.165) is 27.9 Å². The van der Waals surface area contributed by atoms with Gasteiger partial charge in [-0.05, 0) is 73.1 Å². The number of benzene rings is 3. The molecule has 0 fully saturated rings. The Morgan fingerprint density at radius 3 is 2.43 bits per heavy atom. The normalized spacial score (nSPS) is 11.5. The third kappa shape index (κ3) is 6.83. The molecule has 0 spiro atoms. The fourth-order valence-electron chi connectivity index (χ4n) is 3.36. The lowest BCUT2D eigenvalue weighted by Gasteiger charge is -2.13. The quantitative estimate of drug-likeness (QED) is 0.166. The Balaban J connectivity index is 1.36. The van der Waals surface area contributed by atoms with E-state index in [1.165, 1.54) is 35.3 Å². The van der Waals surface area contributed by atoms with E-state index in [1.807, 2.05) is 50.2 Å². The Kier molecular flexibility index (Phi) is 7.74. The summed E-state index contributed by atoms with van der Waals surface area (Å²) in [5, 5.41) is 12.6. The minimum absolute atomic E-state index is 0.311. The lowest BCUT2D eigenvalue weighted by molar-refractivity contribution is -0.274. The molecule has 4 rings (SSSR count). The molecule has 0 aliphatic heterocycles. The molecule has 0 saturated heterocycles. The van der Waals surface area contributed by atoms with E-state index in [0.29, 0.717) is 21.6 Å². The van der Waals surface area contributed by atoms with Crippen LogP contribution in [-0.2, 0) is 0 Å². The van der Waals surface area contributed by atoms with Gasteiger partial charge in [-0.1, -0.05) is 41.9 Å². The predicted molar refractivity (Wildman–Crippen MR) is 141 cm³/mol. The molecule has 0 aliphatic rings. The summed E-state index contributed by atoms with van der Waals surface area (Å²) < 4.78 is 42.3. The summed E-state index contributed by atoms with van der Waals surface area (Å²) >= 11 is 11.5. The van der Waals surface area contributed by atoms with Crippen molar-refractivity contribution < 1.29 is 17.9 Å². The van der Waals surface area contributed by atoms with Crippen LogP contribution in [0.5, 0.6) is 5.75 Å². The van der Waals surface area contributed by atoms with Gasteiger partial charge in [-0.25, -0.2) is 9.67 Å². The van der Waals surface area contributed by atoms with Gasteiger partial charge in [-0.2, -0.15) is 5.10 Å². The summed E-state index contributed by atoms with van der Waals surface area (Å²) in [5.74, 6) is 0.143. The number of anilines is 1. The van der Waals surface area contributed by atoms with Gasteiger partial charge in [0.2, 0.25) is 0 Å². The van der Waals surface area contributed by atoms with Crippen molar-refractivity contribution in [3.05, 3.63) is 88.7 Å². The van der Waals surface area contributed by atoms with Crippen molar-refractivity contribution >= 4 is 40.8 Å². The van der Waals surface area contributed by atoms with Crippen LogP contribution in [0.4, 0.5) is 18.9 Å². The van der Waals surface area contributed by atoms with Crippen LogP contribution in [-0.4, -0.2) is 32.5 Å². The molecule has 4 aromatic rings. The molecule has 12 heteroatoms. The molecule has 0 radical (unpaired) electrons. The number of nitrogens with one attached hydrogen (secondary N) is 2. The molecule has 1 heterocycles. The van der Waals surface area contributed by atoms with E-state index >= 15 is 0 Å². The lowest BCUT2D eigenvalue weighted by atomic mass is 10.1. The van der Waals surface area contributed by atoms with Crippen LogP contribution in [0.1, 0.15) is 16.7 Å². The highest BCUT2D eigenvalue weighted by Gasteiger charge is 2.31. The van der Waals surface area contributed by atoms with Crippen LogP contribution >= 0.6 is 23.8 Å². The van der Waals surface area contributed by atoms with Gasteiger partial charge in [0.25, 0.3) is 0 Å². The second kappa shape index (κ2) is 11.0. The van der Waals surface area contributed by atoms with Crippen LogP contribution in [0.3, 0.4) is 0 Å². The van der Waals surface area contributed by atoms with Crippen molar-refractivity contribution in [3.8, 4) is 22.8 Å². The highest BCUT2D eigenvalue weighted by Crippen LogP contribution is 2.27. The Hall–Kier alpha value is -3.96. The van der Waals surface area contributed by atoms with E-state index in [9.17, 15) is 13.2 Å². The standard InChI is InChI=1S/C25H20ClF3N6OS/c1-15-3-12-21(26)16(2)22(15)32-24(37)33-31-13-17-4-6-18(7-5-17)23-30-14-35(34-23)19-8-10-20(11-9-19)36-25(27,28)29/h3-14H,1-2H3,(H2,32,33,37)/b31-13+. The van der Waals surface area contributed by atoms with E-state index in [4.69, 9.17) is 23.8 Å². The average molecular weight is 545 g/mol. The highest BCUT2D eigenvalue weighted by atomic mass is 35.5. The molecule has 0 saturated carbocycles. The van der Waals surface area contributed by atoms with E-state index in [2.05, 4.69) is 30.7 Å².